The van der Waals surface area contributed by atoms with Crippen LogP contribution < -0.4 is 5.32 Å². The van der Waals surface area contributed by atoms with Crippen molar-refractivity contribution in [3.63, 3.8) is 0 Å². The molecule has 0 aromatic carbocycles. The van der Waals surface area contributed by atoms with E-state index in [1.165, 1.54) is 32.5 Å². The minimum Gasteiger partial charge on any atom is -0.316 e. The summed E-state index contributed by atoms with van der Waals surface area (Å²) in [6.45, 7) is 10.1. The predicted octanol–water partition coefficient (Wildman–Crippen LogP) is 1.72. The Morgan fingerprint density at radius 3 is 2.50 bits per heavy atom. The summed E-state index contributed by atoms with van der Waals surface area (Å²) in [5, 5.41) is 3.31. The van der Waals surface area contributed by atoms with E-state index in [2.05, 4.69) is 24.2 Å². The molecule has 0 aliphatic carbocycles. The van der Waals surface area contributed by atoms with Crippen LogP contribution in [-0.2, 0) is 0 Å². The average Bonchev–Trinajstić information content (AvgIpc) is 2.57. The minimum atomic E-state index is 0.756. The van der Waals surface area contributed by atoms with Crippen LogP contribution in [0.25, 0.3) is 0 Å². The Kier molecular flexibility index (Phi) is 7.51. The lowest BCUT2D eigenvalue weighted by atomic mass is 10.3. The van der Waals surface area contributed by atoms with Crippen LogP contribution in [0.4, 0.5) is 0 Å². The highest BCUT2D eigenvalue weighted by molar-refractivity contribution is 4.78. The van der Waals surface area contributed by atoms with Gasteiger partial charge in [-0.2, -0.15) is 0 Å². The van der Waals surface area contributed by atoms with Gasteiger partial charge in [0.25, 0.3) is 0 Å². The molecule has 1 aliphatic rings. The van der Waals surface area contributed by atoms with Crippen molar-refractivity contribution in [1.82, 2.24) is 10.2 Å². The number of likely N-dealkylation sites (tertiary alicyclic amines) is 1. The summed E-state index contributed by atoms with van der Waals surface area (Å²) < 4.78 is 0. The average molecular weight is 172 g/mol. The van der Waals surface area contributed by atoms with E-state index in [1.807, 2.05) is 13.8 Å². The topological polar surface area (TPSA) is 15.3 Å². The smallest absolute Gasteiger partial charge is 0.0204 e. The van der Waals surface area contributed by atoms with E-state index in [1.54, 1.807) is 0 Å². The predicted molar refractivity (Wildman–Crippen MR) is 55.5 cm³/mol. The third-order valence-electron chi connectivity index (χ3n) is 2.22. The van der Waals surface area contributed by atoms with Gasteiger partial charge in [0.15, 0.2) is 0 Å². The van der Waals surface area contributed by atoms with Gasteiger partial charge in [0.05, 0.1) is 0 Å². The summed E-state index contributed by atoms with van der Waals surface area (Å²) >= 11 is 0. The highest BCUT2D eigenvalue weighted by Gasteiger charge is 2.19. The van der Waals surface area contributed by atoms with E-state index < -0.39 is 0 Å². The molecule has 1 heterocycles. The number of hydrogen-bond donors (Lipinski definition) is 1. The first kappa shape index (κ1) is 11.9. The molecule has 1 aliphatic heterocycles. The lowest BCUT2D eigenvalue weighted by Gasteiger charge is -2.13. The molecule has 1 atom stereocenters. The van der Waals surface area contributed by atoms with E-state index in [9.17, 15) is 0 Å². The van der Waals surface area contributed by atoms with E-state index in [0.29, 0.717) is 0 Å². The van der Waals surface area contributed by atoms with Crippen molar-refractivity contribution < 1.29 is 0 Å². The SMILES string of the molecule is CC.CCCN1CCC(NC)C1. The lowest BCUT2D eigenvalue weighted by molar-refractivity contribution is 0.330. The molecule has 0 amide bonds. The largest absolute Gasteiger partial charge is 0.316 e. The lowest BCUT2D eigenvalue weighted by Crippen LogP contribution is -2.29. The maximum absolute atomic E-state index is 3.31. The zero-order valence-electron chi connectivity index (χ0n) is 9.06. The van der Waals surface area contributed by atoms with Gasteiger partial charge in [-0.15, -0.1) is 0 Å². The molecule has 1 rings (SSSR count). The van der Waals surface area contributed by atoms with Gasteiger partial charge >= 0.3 is 0 Å². The van der Waals surface area contributed by atoms with Crippen molar-refractivity contribution in [2.45, 2.75) is 39.7 Å². The molecule has 0 spiro atoms. The quantitative estimate of drug-likeness (QED) is 0.697. The van der Waals surface area contributed by atoms with Gasteiger partial charge in [0.1, 0.15) is 0 Å². The first-order valence-corrected chi connectivity index (χ1v) is 5.26. The fraction of sp³-hybridized carbons (Fsp3) is 1.00. The Labute approximate surface area is 77.3 Å². The van der Waals surface area contributed by atoms with Gasteiger partial charge in [-0.1, -0.05) is 20.8 Å². The van der Waals surface area contributed by atoms with Crippen LogP contribution in [0.3, 0.4) is 0 Å². The number of likely N-dealkylation sites (N-methyl/N-ethyl adjacent to an activating group) is 1. The third kappa shape index (κ3) is 4.07. The molecular weight excluding hydrogens is 148 g/mol. The molecule has 0 aromatic rings. The highest BCUT2D eigenvalue weighted by Crippen LogP contribution is 2.07. The zero-order valence-corrected chi connectivity index (χ0v) is 9.06. The van der Waals surface area contributed by atoms with Gasteiger partial charge < -0.3 is 10.2 Å². The van der Waals surface area contributed by atoms with Crippen molar-refractivity contribution in [2.24, 2.45) is 0 Å². The van der Waals surface area contributed by atoms with E-state index >= 15 is 0 Å². The number of nitrogens with one attached hydrogen (secondary N) is 1. The van der Waals surface area contributed by atoms with Crippen LogP contribution in [0.15, 0.2) is 0 Å². The van der Waals surface area contributed by atoms with Crippen LogP contribution in [0.1, 0.15) is 33.6 Å². The van der Waals surface area contributed by atoms with Crippen molar-refractivity contribution in [3.8, 4) is 0 Å². The molecule has 1 saturated heterocycles. The van der Waals surface area contributed by atoms with Gasteiger partial charge in [-0.05, 0) is 33.0 Å². The monoisotopic (exact) mass is 172 g/mol. The molecule has 1 N–H and O–H groups in total. The third-order valence-corrected chi connectivity index (χ3v) is 2.22. The molecule has 0 radical (unpaired) electrons. The number of nitrogens with zero attached hydrogens (tertiary/aromatic N) is 1. The van der Waals surface area contributed by atoms with Gasteiger partial charge in [0, 0.05) is 12.6 Å². The second-order valence-corrected chi connectivity index (χ2v) is 3.07. The summed E-state index contributed by atoms with van der Waals surface area (Å²) in [5.74, 6) is 0. The minimum absolute atomic E-state index is 0.756. The molecule has 1 fully saturated rings. The Bertz CT molecular complexity index is 93.8. The first-order valence-electron chi connectivity index (χ1n) is 5.26. The Morgan fingerprint density at radius 2 is 2.08 bits per heavy atom. The highest BCUT2D eigenvalue weighted by atomic mass is 15.2. The molecule has 2 heteroatoms. The summed E-state index contributed by atoms with van der Waals surface area (Å²) in [7, 11) is 2.06. The van der Waals surface area contributed by atoms with Gasteiger partial charge in [-0.3, -0.25) is 0 Å². The Morgan fingerprint density at radius 1 is 1.42 bits per heavy atom. The number of rotatable bonds is 3. The van der Waals surface area contributed by atoms with Gasteiger partial charge in [0.2, 0.25) is 0 Å². The van der Waals surface area contributed by atoms with Crippen molar-refractivity contribution in [2.75, 3.05) is 26.7 Å². The molecule has 1 unspecified atom stereocenters. The van der Waals surface area contributed by atoms with Crippen molar-refractivity contribution >= 4 is 0 Å². The normalized spacial score (nSPS) is 23.5. The fourth-order valence-corrected chi connectivity index (χ4v) is 1.59. The fourth-order valence-electron chi connectivity index (χ4n) is 1.59. The summed E-state index contributed by atoms with van der Waals surface area (Å²) in [6, 6.07) is 0.756. The van der Waals surface area contributed by atoms with Crippen LogP contribution in [0.2, 0.25) is 0 Å². The molecule has 0 bridgehead atoms. The zero-order chi connectivity index (χ0) is 9.40. The Balaban J connectivity index is 0.000000561. The molecular formula is C10H24N2. The van der Waals surface area contributed by atoms with Crippen molar-refractivity contribution in [3.05, 3.63) is 0 Å². The van der Waals surface area contributed by atoms with Crippen LogP contribution in [-0.4, -0.2) is 37.6 Å². The summed E-state index contributed by atoms with van der Waals surface area (Å²) in [5.41, 5.74) is 0. The van der Waals surface area contributed by atoms with Crippen LogP contribution in [0.5, 0.6) is 0 Å². The second-order valence-electron chi connectivity index (χ2n) is 3.07. The standard InChI is InChI=1S/C8H18N2.C2H6/c1-3-5-10-6-4-8(7-10)9-2;1-2/h8-9H,3-7H2,1-2H3;1-2H3. The second kappa shape index (κ2) is 7.56. The first-order chi connectivity index (χ1) is 5.86. The number of hydrogen-bond acceptors (Lipinski definition) is 2. The molecule has 74 valence electrons. The van der Waals surface area contributed by atoms with Crippen molar-refractivity contribution in [1.29, 1.82) is 0 Å². The van der Waals surface area contributed by atoms with E-state index in [0.717, 1.165) is 6.04 Å². The van der Waals surface area contributed by atoms with E-state index in [4.69, 9.17) is 0 Å². The summed E-state index contributed by atoms with van der Waals surface area (Å²) in [6.07, 6.45) is 2.62. The van der Waals surface area contributed by atoms with Gasteiger partial charge in [-0.25, -0.2) is 0 Å². The molecule has 12 heavy (non-hydrogen) atoms. The maximum Gasteiger partial charge on any atom is 0.0204 e. The van der Waals surface area contributed by atoms with Crippen LogP contribution in [0, 0.1) is 0 Å². The molecule has 2 nitrogen and oxygen atoms in total. The molecule has 0 aromatic heterocycles. The Hall–Kier alpha value is -0.0800. The van der Waals surface area contributed by atoms with E-state index in [-0.39, 0.29) is 0 Å². The maximum atomic E-state index is 3.31. The summed E-state index contributed by atoms with van der Waals surface area (Å²) in [4.78, 5) is 2.53. The molecule has 0 saturated carbocycles. The van der Waals surface area contributed by atoms with Crippen LogP contribution >= 0.6 is 0 Å².